The van der Waals surface area contributed by atoms with Gasteiger partial charge in [0.05, 0.1) is 11.4 Å². The van der Waals surface area contributed by atoms with Crippen LogP contribution in [0.25, 0.3) is 0 Å². The lowest BCUT2D eigenvalue weighted by atomic mass is 10.1. The highest BCUT2D eigenvalue weighted by Gasteiger charge is 2.25. The third-order valence-electron chi connectivity index (χ3n) is 3.32. The fourth-order valence-electron chi connectivity index (χ4n) is 2.29. The van der Waals surface area contributed by atoms with Crippen molar-refractivity contribution < 1.29 is 18.3 Å². The van der Waals surface area contributed by atoms with Gasteiger partial charge in [-0.1, -0.05) is 18.2 Å². The van der Waals surface area contributed by atoms with Crippen LogP contribution in [0.15, 0.2) is 35.2 Å². The first kappa shape index (κ1) is 15.0. The van der Waals surface area contributed by atoms with Crippen molar-refractivity contribution in [3.05, 3.63) is 30.3 Å². The molecule has 7 heteroatoms. The van der Waals surface area contributed by atoms with Crippen molar-refractivity contribution in [1.82, 2.24) is 9.62 Å². The largest absolute Gasteiger partial charge is 0.480 e. The maximum Gasteiger partial charge on any atom is 0.317 e. The molecule has 1 aromatic rings. The molecule has 0 bridgehead atoms. The summed E-state index contributed by atoms with van der Waals surface area (Å²) in [7, 11) is -3.49. The van der Waals surface area contributed by atoms with E-state index in [-0.39, 0.29) is 17.5 Å². The maximum atomic E-state index is 12.1. The van der Waals surface area contributed by atoms with Crippen molar-refractivity contribution in [3.63, 3.8) is 0 Å². The number of rotatable bonds is 5. The van der Waals surface area contributed by atoms with Gasteiger partial charge in [-0.15, -0.1) is 0 Å². The number of nitrogens with one attached hydrogen (secondary N) is 1. The summed E-state index contributed by atoms with van der Waals surface area (Å²) < 4.78 is 27.0. The van der Waals surface area contributed by atoms with Crippen LogP contribution in [-0.2, 0) is 14.8 Å². The SMILES string of the molecule is O=C(O)CN1CCC(NS(=O)(=O)c2ccccc2)CC1. The quantitative estimate of drug-likeness (QED) is 0.827. The van der Waals surface area contributed by atoms with Gasteiger partial charge in [-0.05, 0) is 25.0 Å². The summed E-state index contributed by atoms with van der Waals surface area (Å²) >= 11 is 0. The number of aliphatic carboxylic acids is 1. The molecule has 0 saturated carbocycles. The molecule has 0 aromatic heterocycles. The van der Waals surface area contributed by atoms with Gasteiger partial charge in [0.25, 0.3) is 0 Å². The molecule has 2 rings (SSSR count). The summed E-state index contributed by atoms with van der Waals surface area (Å²) in [5, 5.41) is 8.71. The van der Waals surface area contributed by atoms with Crippen LogP contribution in [0.5, 0.6) is 0 Å². The molecule has 2 N–H and O–H groups in total. The first-order valence-electron chi connectivity index (χ1n) is 6.49. The number of hydrogen-bond acceptors (Lipinski definition) is 4. The van der Waals surface area contributed by atoms with Crippen LogP contribution in [0.1, 0.15) is 12.8 Å². The number of carboxylic acid groups (broad SMARTS) is 1. The Morgan fingerprint density at radius 1 is 1.25 bits per heavy atom. The Hall–Kier alpha value is -1.44. The summed E-state index contributed by atoms with van der Waals surface area (Å²) in [5.74, 6) is -0.853. The Balaban J connectivity index is 1.91. The van der Waals surface area contributed by atoms with Gasteiger partial charge in [-0.3, -0.25) is 9.69 Å². The van der Waals surface area contributed by atoms with Gasteiger partial charge in [0.2, 0.25) is 10.0 Å². The molecule has 1 aromatic carbocycles. The molecule has 1 saturated heterocycles. The maximum absolute atomic E-state index is 12.1. The van der Waals surface area contributed by atoms with Gasteiger partial charge in [0, 0.05) is 19.1 Å². The average molecular weight is 298 g/mol. The molecule has 0 radical (unpaired) electrons. The Morgan fingerprint density at radius 3 is 2.40 bits per heavy atom. The topological polar surface area (TPSA) is 86.7 Å². The molecule has 1 fully saturated rings. The second-order valence-electron chi connectivity index (χ2n) is 4.88. The highest BCUT2D eigenvalue weighted by molar-refractivity contribution is 7.89. The highest BCUT2D eigenvalue weighted by Crippen LogP contribution is 2.14. The zero-order valence-corrected chi connectivity index (χ0v) is 11.8. The number of likely N-dealkylation sites (tertiary alicyclic amines) is 1. The lowest BCUT2D eigenvalue weighted by molar-refractivity contribution is -0.138. The molecule has 0 amide bonds. The van der Waals surface area contributed by atoms with Crippen LogP contribution in [0.4, 0.5) is 0 Å². The third-order valence-corrected chi connectivity index (χ3v) is 4.86. The van der Waals surface area contributed by atoms with Crippen molar-refractivity contribution in [2.24, 2.45) is 0 Å². The number of hydrogen-bond donors (Lipinski definition) is 2. The van der Waals surface area contributed by atoms with Crippen LogP contribution in [-0.4, -0.2) is 50.1 Å². The highest BCUT2D eigenvalue weighted by atomic mass is 32.2. The minimum absolute atomic E-state index is 0.0121. The van der Waals surface area contributed by atoms with Crippen LogP contribution in [0.3, 0.4) is 0 Å². The molecule has 0 atom stereocenters. The Morgan fingerprint density at radius 2 is 1.85 bits per heavy atom. The minimum Gasteiger partial charge on any atom is -0.480 e. The summed E-state index contributed by atoms with van der Waals surface area (Å²) in [5.41, 5.74) is 0. The van der Waals surface area contributed by atoms with Gasteiger partial charge in [0.15, 0.2) is 0 Å². The average Bonchev–Trinajstić information content (AvgIpc) is 2.41. The van der Waals surface area contributed by atoms with E-state index in [0.29, 0.717) is 25.9 Å². The van der Waals surface area contributed by atoms with Gasteiger partial charge >= 0.3 is 5.97 Å². The summed E-state index contributed by atoms with van der Waals surface area (Å²) in [6.45, 7) is 1.20. The molecule has 110 valence electrons. The van der Waals surface area contributed by atoms with Crippen LogP contribution < -0.4 is 4.72 Å². The fourth-order valence-corrected chi connectivity index (χ4v) is 3.61. The first-order valence-corrected chi connectivity index (χ1v) is 7.97. The van der Waals surface area contributed by atoms with E-state index >= 15 is 0 Å². The number of carbonyl (C=O) groups is 1. The molecule has 6 nitrogen and oxygen atoms in total. The Bertz CT molecular complexity index is 551. The predicted octanol–water partition coefficient (Wildman–Crippen LogP) is 0.514. The predicted molar refractivity (Wildman–Crippen MR) is 73.9 cm³/mol. The molecule has 1 aliphatic heterocycles. The van der Waals surface area contributed by atoms with E-state index in [9.17, 15) is 13.2 Å². The van der Waals surface area contributed by atoms with Crippen LogP contribution in [0.2, 0.25) is 0 Å². The van der Waals surface area contributed by atoms with E-state index in [4.69, 9.17) is 5.11 Å². The van der Waals surface area contributed by atoms with Gasteiger partial charge in [0.1, 0.15) is 0 Å². The Kier molecular flexibility index (Phi) is 4.74. The second kappa shape index (κ2) is 6.34. The molecule has 1 aliphatic rings. The van der Waals surface area contributed by atoms with Crippen molar-refractivity contribution in [2.45, 2.75) is 23.8 Å². The van der Waals surface area contributed by atoms with E-state index in [1.165, 1.54) is 0 Å². The lowest BCUT2D eigenvalue weighted by Crippen LogP contribution is -2.45. The van der Waals surface area contributed by atoms with Crippen LogP contribution in [0, 0.1) is 0 Å². The summed E-state index contributed by atoms with van der Waals surface area (Å²) in [4.78, 5) is 12.7. The van der Waals surface area contributed by atoms with Gasteiger partial charge in [-0.2, -0.15) is 0 Å². The zero-order valence-electron chi connectivity index (χ0n) is 11.0. The van der Waals surface area contributed by atoms with Crippen LogP contribution >= 0.6 is 0 Å². The van der Waals surface area contributed by atoms with Crippen molar-refractivity contribution in [2.75, 3.05) is 19.6 Å². The fraction of sp³-hybridized carbons (Fsp3) is 0.462. The summed E-state index contributed by atoms with van der Waals surface area (Å²) in [6.07, 6.45) is 1.25. The van der Waals surface area contributed by atoms with Gasteiger partial charge in [-0.25, -0.2) is 13.1 Å². The molecular weight excluding hydrogens is 280 g/mol. The number of carboxylic acids is 1. The minimum atomic E-state index is -3.49. The van der Waals surface area contributed by atoms with E-state index < -0.39 is 16.0 Å². The molecule has 0 unspecified atom stereocenters. The zero-order chi connectivity index (χ0) is 14.6. The number of benzene rings is 1. The molecular formula is C13H18N2O4S. The Labute approximate surface area is 118 Å². The number of sulfonamides is 1. The van der Waals surface area contributed by atoms with Crippen molar-refractivity contribution >= 4 is 16.0 Å². The number of piperidine rings is 1. The van der Waals surface area contributed by atoms with Crippen molar-refractivity contribution in [1.29, 1.82) is 0 Å². The van der Waals surface area contributed by atoms with E-state index in [2.05, 4.69) is 4.72 Å². The number of nitrogens with zero attached hydrogens (tertiary/aromatic N) is 1. The van der Waals surface area contributed by atoms with E-state index in [0.717, 1.165) is 0 Å². The standard InChI is InChI=1S/C13H18N2O4S/c16-13(17)10-15-8-6-11(7-9-15)14-20(18,19)12-4-2-1-3-5-12/h1-5,11,14H,6-10H2,(H,16,17). The molecule has 20 heavy (non-hydrogen) atoms. The molecule has 1 heterocycles. The second-order valence-corrected chi connectivity index (χ2v) is 6.59. The summed E-state index contributed by atoms with van der Waals surface area (Å²) in [6, 6.07) is 8.12. The first-order chi connectivity index (χ1) is 9.47. The molecule has 0 aliphatic carbocycles. The molecule has 0 spiro atoms. The van der Waals surface area contributed by atoms with Gasteiger partial charge < -0.3 is 5.11 Å². The van der Waals surface area contributed by atoms with E-state index in [1.54, 1.807) is 30.3 Å². The van der Waals surface area contributed by atoms with E-state index in [1.807, 2.05) is 4.90 Å². The smallest absolute Gasteiger partial charge is 0.317 e. The van der Waals surface area contributed by atoms with Crippen molar-refractivity contribution in [3.8, 4) is 0 Å². The lowest BCUT2D eigenvalue weighted by Gasteiger charge is -2.30. The third kappa shape index (κ3) is 4.03. The normalized spacial score (nSPS) is 18.0. The monoisotopic (exact) mass is 298 g/mol.